The Morgan fingerprint density at radius 1 is 1.33 bits per heavy atom. The van der Waals surface area contributed by atoms with Crippen LogP contribution in [0.2, 0.25) is 0 Å². The van der Waals surface area contributed by atoms with Gasteiger partial charge in [0, 0.05) is 32.1 Å². The first-order valence-electron chi connectivity index (χ1n) is 7.87. The highest BCUT2D eigenvalue weighted by Gasteiger charge is 2.20. The predicted molar refractivity (Wildman–Crippen MR) is 83.8 cm³/mol. The van der Waals surface area contributed by atoms with Gasteiger partial charge in [-0.1, -0.05) is 30.3 Å². The molecule has 1 amide bonds. The fraction of sp³-hybridized carbons (Fsp3) is 0.588. The van der Waals surface area contributed by atoms with Crippen LogP contribution in [0.5, 0.6) is 0 Å². The Morgan fingerprint density at radius 2 is 2.00 bits per heavy atom. The first-order chi connectivity index (χ1) is 10.1. The highest BCUT2D eigenvalue weighted by Crippen LogP contribution is 2.14. The molecule has 1 unspecified atom stereocenters. The molecule has 4 heteroatoms. The Hall–Kier alpha value is -1.39. The van der Waals surface area contributed by atoms with E-state index in [9.17, 15) is 9.90 Å². The SMILES string of the molecule is CC(O)CCC(=O)NC1CCN(Cc2ccccc2)CC1. The van der Waals surface area contributed by atoms with Crippen molar-refractivity contribution in [2.24, 2.45) is 0 Å². The van der Waals surface area contributed by atoms with Crippen molar-refractivity contribution in [3.05, 3.63) is 35.9 Å². The van der Waals surface area contributed by atoms with E-state index in [2.05, 4.69) is 34.5 Å². The molecule has 0 spiro atoms. The standard InChI is InChI=1S/C17H26N2O2/c1-14(20)7-8-17(21)18-16-9-11-19(12-10-16)13-15-5-3-2-4-6-15/h2-6,14,16,20H,7-13H2,1H3,(H,18,21). The summed E-state index contributed by atoms with van der Waals surface area (Å²) in [7, 11) is 0. The van der Waals surface area contributed by atoms with Crippen molar-refractivity contribution in [3.8, 4) is 0 Å². The van der Waals surface area contributed by atoms with E-state index in [1.54, 1.807) is 6.92 Å². The zero-order valence-corrected chi connectivity index (χ0v) is 12.8. The van der Waals surface area contributed by atoms with Crippen LogP contribution in [0.25, 0.3) is 0 Å². The third-order valence-electron chi connectivity index (χ3n) is 3.99. The summed E-state index contributed by atoms with van der Waals surface area (Å²) in [6.45, 7) is 4.76. The molecule has 1 aliphatic rings. The number of benzene rings is 1. The number of carbonyl (C=O) groups excluding carboxylic acids is 1. The average Bonchev–Trinajstić information content (AvgIpc) is 2.48. The summed E-state index contributed by atoms with van der Waals surface area (Å²) in [6.07, 6.45) is 2.57. The predicted octanol–water partition coefficient (Wildman–Crippen LogP) is 1.93. The van der Waals surface area contributed by atoms with Gasteiger partial charge in [0.2, 0.25) is 5.91 Å². The van der Waals surface area contributed by atoms with E-state index in [1.807, 2.05) is 6.07 Å². The van der Waals surface area contributed by atoms with Crippen molar-refractivity contribution < 1.29 is 9.90 Å². The van der Waals surface area contributed by atoms with Crippen molar-refractivity contribution in [1.29, 1.82) is 0 Å². The summed E-state index contributed by atoms with van der Waals surface area (Å²) in [5, 5.41) is 12.3. The zero-order valence-electron chi connectivity index (χ0n) is 12.8. The van der Waals surface area contributed by atoms with Crippen LogP contribution in [-0.2, 0) is 11.3 Å². The summed E-state index contributed by atoms with van der Waals surface area (Å²) in [5.41, 5.74) is 1.34. The van der Waals surface area contributed by atoms with Crippen LogP contribution in [0.15, 0.2) is 30.3 Å². The van der Waals surface area contributed by atoms with Crippen molar-refractivity contribution in [3.63, 3.8) is 0 Å². The molecule has 0 bridgehead atoms. The lowest BCUT2D eigenvalue weighted by molar-refractivity contribution is -0.122. The second-order valence-electron chi connectivity index (χ2n) is 5.99. The van der Waals surface area contributed by atoms with Crippen LogP contribution in [0.3, 0.4) is 0 Å². The number of hydrogen-bond acceptors (Lipinski definition) is 3. The molecule has 1 heterocycles. The molecule has 1 fully saturated rings. The number of amides is 1. The number of likely N-dealkylation sites (tertiary alicyclic amines) is 1. The highest BCUT2D eigenvalue weighted by atomic mass is 16.3. The van der Waals surface area contributed by atoms with E-state index < -0.39 is 6.10 Å². The lowest BCUT2D eigenvalue weighted by atomic mass is 10.0. The molecule has 1 saturated heterocycles. The molecule has 116 valence electrons. The molecule has 4 nitrogen and oxygen atoms in total. The quantitative estimate of drug-likeness (QED) is 0.842. The largest absolute Gasteiger partial charge is 0.393 e. The van der Waals surface area contributed by atoms with Crippen LogP contribution >= 0.6 is 0 Å². The van der Waals surface area contributed by atoms with Crippen LogP contribution in [0.4, 0.5) is 0 Å². The van der Waals surface area contributed by atoms with Gasteiger partial charge in [-0.15, -0.1) is 0 Å². The van der Waals surface area contributed by atoms with Crippen LogP contribution in [0.1, 0.15) is 38.2 Å². The van der Waals surface area contributed by atoms with Gasteiger partial charge in [-0.2, -0.15) is 0 Å². The molecule has 0 radical (unpaired) electrons. The zero-order chi connectivity index (χ0) is 15.1. The third-order valence-corrected chi connectivity index (χ3v) is 3.99. The number of aliphatic hydroxyl groups is 1. The van der Waals surface area contributed by atoms with Gasteiger partial charge in [-0.3, -0.25) is 9.69 Å². The van der Waals surface area contributed by atoms with E-state index >= 15 is 0 Å². The molecule has 2 rings (SSSR count). The summed E-state index contributed by atoms with van der Waals surface area (Å²) < 4.78 is 0. The molecule has 21 heavy (non-hydrogen) atoms. The van der Waals surface area contributed by atoms with Crippen molar-refractivity contribution in [2.45, 2.75) is 51.3 Å². The number of carbonyl (C=O) groups is 1. The average molecular weight is 290 g/mol. The molecule has 1 atom stereocenters. The minimum atomic E-state index is -0.400. The van der Waals surface area contributed by atoms with Crippen molar-refractivity contribution in [2.75, 3.05) is 13.1 Å². The van der Waals surface area contributed by atoms with Gasteiger partial charge >= 0.3 is 0 Å². The molecule has 0 aromatic heterocycles. The van der Waals surface area contributed by atoms with Crippen LogP contribution < -0.4 is 5.32 Å². The number of piperidine rings is 1. The Balaban J connectivity index is 1.67. The number of nitrogens with zero attached hydrogens (tertiary/aromatic N) is 1. The number of rotatable bonds is 6. The van der Waals surface area contributed by atoms with Crippen molar-refractivity contribution >= 4 is 5.91 Å². The maximum absolute atomic E-state index is 11.8. The number of nitrogens with one attached hydrogen (secondary N) is 1. The monoisotopic (exact) mass is 290 g/mol. The molecule has 0 saturated carbocycles. The molecule has 0 aliphatic carbocycles. The van der Waals surface area contributed by atoms with Gasteiger partial charge in [0.15, 0.2) is 0 Å². The summed E-state index contributed by atoms with van der Waals surface area (Å²) in [5.74, 6) is 0.0670. The Bertz CT molecular complexity index is 426. The van der Waals surface area contributed by atoms with Crippen LogP contribution in [-0.4, -0.2) is 41.1 Å². The summed E-state index contributed by atoms with van der Waals surface area (Å²) in [6, 6.07) is 10.8. The van der Waals surface area contributed by atoms with Gasteiger partial charge in [-0.05, 0) is 31.7 Å². The normalized spacial score (nSPS) is 18.4. The minimum Gasteiger partial charge on any atom is -0.393 e. The number of aliphatic hydroxyl groups excluding tert-OH is 1. The molecule has 1 aromatic carbocycles. The second-order valence-corrected chi connectivity index (χ2v) is 5.99. The lowest BCUT2D eigenvalue weighted by Crippen LogP contribution is -2.44. The van der Waals surface area contributed by atoms with Gasteiger partial charge in [0.05, 0.1) is 6.10 Å². The van der Waals surface area contributed by atoms with E-state index in [4.69, 9.17) is 0 Å². The smallest absolute Gasteiger partial charge is 0.220 e. The first kappa shape index (κ1) is 16.0. The number of hydrogen-bond donors (Lipinski definition) is 2. The van der Waals surface area contributed by atoms with Gasteiger partial charge in [-0.25, -0.2) is 0 Å². The first-order valence-corrected chi connectivity index (χ1v) is 7.87. The van der Waals surface area contributed by atoms with Gasteiger partial charge in [0.1, 0.15) is 0 Å². The maximum Gasteiger partial charge on any atom is 0.220 e. The topological polar surface area (TPSA) is 52.6 Å². The van der Waals surface area contributed by atoms with Crippen molar-refractivity contribution in [1.82, 2.24) is 10.2 Å². The Kier molecular flexibility index (Phi) is 6.21. The second kappa shape index (κ2) is 8.15. The van der Waals surface area contributed by atoms with E-state index in [0.717, 1.165) is 32.5 Å². The molecule has 2 N–H and O–H groups in total. The Morgan fingerprint density at radius 3 is 2.62 bits per heavy atom. The Labute approximate surface area is 127 Å². The van der Waals surface area contributed by atoms with E-state index in [1.165, 1.54) is 5.56 Å². The van der Waals surface area contributed by atoms with E-state index in [0.29, 0.717) is 18.9 Å². The van der Waals surface area contributed by atoms with Gasteiger partial charge in [0.25, 0.3) is 0 Å². The summed E-state index contributed by atoms with van der Waals surface area (Å²) >= 11 is 0. The molecular formula is C17H26N2O2. The van der Waals surface area contributed by atoms with Gasteiger partial charge < -0.3 is 10.4 Å². The minimum absolute atomic E-state index is 0.0670. The molecule has 1 aromatic rings. The molecule has 1 aliphatic heterocycles. The van der Waals surface area contributed by atoms with Crippen LogP contribution in [0, 0.1) is 0 Å². The van der Waals surface area contributed by atoms with E-state index in [-0.39, 0.29) is 5.91 Å². The fourth-order valence-corrected chi connectivity index (χ4v) is 2.72. The molecular weight excluding hydrogens is 264 g/mol. The third kappa shape index (κ3) is 5.86. The lowest BCUT2D eigenvalue weighted by Gasteiger charge is -2.32. The highest BCUT2D eigenvalue weighted by molar-refractivity contribution is 5.76. The fourth-order valence-electron chi connectivity index (χ4n) is 2.72. The summed E-state index contributed by atoms with van der Waals surface area (Å²) in [4.78, 5) is 14.2. The maximum atomic E-state index is 11.8.